The molecule has 1 aromatic carbocycles. The molecule has 0 aliphatic rings. The molecule has 0 spiro atoms. The molecule has 2 N–H and O–H groups in total. The molecule has 108 valence electrons. The van der Waals surface area contributed by atoms with Crippen molar-refractivity contribution in [3.8, 4) is 5.75 Å². The summed E-state index contributed by atoms with van der Waals surface area (Å²) in [6.45, 7) is 2.71. The van der Waals surface area contributed by atoms with Crippen LogP contribution in [0, 0.1) is 0 Å². The Labute approximate surface area is 127 Å². The maximum atomic E-state index is 6.04. The van der Waals surface area contributed by atoms with Crippen LogP contribution in [0.4, 0.5) is 0 Å². The largest absolute Gasteiger partial charge is 0.496 e. The van der Waals surface area contributed by atoms with E-state index in [4.69, 9.17) is 10.5 Å². The molecule has 1 aromatic heterocycles. The van der Waals surface area contributed by atoms with Crippen LogP contribution in [0.25, 0.3) is 0 Å². The number of aromatic nitrogens is 3. The summed E-state index contributed by atoms with van der Waals surface area (Å²) in [7, 11) is 1.66. The Balaban J connectivity index is 2.16. The Morgan fingerprint density at radius 1 is 1.45 bits per heavy atom. The highest BCUT2D eigenvalue weighted by atomic mass is 79.9. The summed E-state index contributed by atoms with van der Waals surface area (Å²) in [6, 6.07) is 5.86. The summed E-state index contributed by atoms with van der Waals surface area (Å²) in [5.74, 6) is 0.836. The van der Waals surface area contributed by atoms with Crippen molar-refractivity contribution >= 4 is 15.9 Å². The fraction of sp³-hybridized carbons (Fsp3) is 0.429. The molecule has 2 aromatic rings. The fourth-order valence-electron chi connectivity index (χ4n) is 2.06. The van der Waals surface area contributed by atoms with Gasteiger partial charge in [0.1, 0.15) is 5.75 Å². The van der Waals surface area contributed by atoms with E-state index in [0.29, 0.717) is 6.54 Å². The van der Waals surface area contributed by atoms with Crippen molar-refractivity contribution in [1.82, 2.24) is 15.0 Å². The van der Waals surface area contributed by atoms with Gasteiger partial charge in [0, 0.05) is 10.0 Å². The molecular weight excluding hydrogens is 320 g/mol. The van der Waals surface area contributed by atoms with Crippen LogP contribution in [0.3, 0.4) is 0 Å². The average Bonchev–Trinajstić information content (AvgIpc) is 2.88. The van der Waals surface area contributed by atoms with Crippen LogP contribution in [-0.4, -0.2) is 22.1 Å². The topological polar surface area (TPSA) is 66.0 Å². The number of hydrogen-bond acceptors (Lipinski definition) is 4. The van der Waals surface area contributed by atoms with Crippen LogP contribution in [0.2, 0.25) is 0 Å². The maximum absolute atomic E-state index is 6.04. The van der Waals surface area contributed by atoms with E-state index in [1.54, 1.807) is 11.8 Å². The molecule has 0 aliphatic carbocycles. The van der Waals surface area contributed by atoms with E-state index in [1.807, 2.05) is 24.4 Å². The molecule has 0 saturated heterocycles. The van der Waals surface area contributed by atoms with Gasteiger partial charge in [-0.25, -0.2) is 4.68 Å². The Morgan fingerprint density at radius 2 is 2.25 bits per heavy atom. The molecular formula is C14H19BrN4O. The molecule has 20 heavy (non-hydrogen) atoms. The number of rotatable bonds is 6. The summed E-state index contributed by atoms with van der Waals surface area (Å²) in [5, 5.41) is 8.28. The second kappa shape index (κ2) is 6.85. The number of methoxy groups -OCH3 is 1. The van der Waals surface area contributed by atoms with E-state index in [9.17, 15) is 0 Å². The van der Waals surface area contributed by atoms with Gasteiger partial charge < -0.3 is 10.5 Å². The van der Waals surface area contributed by atoms with Crippen molar-refractivity contribution in [2.75, 3.05) is 7.11 Å². The van der Waals surface area contributed by atoms with E-state index in [-0.39, 0.29) is 6.04 Å². The molecule has 0 fully saturated rings. The second-order valence-electron chi connectivity index (χ2n) is 4.69. The fourth-order valence-corrected chi connectivity index (χ4v) is 2.47. The first-order valence-electron chi connectivity index (χ1n) is 6.62. The van der Waals surface area contributed by atoms with Gasteiger partial charge in [0.15, 0.2) is 0 Å². The first kappa shape index (κ1) is 15.0. The van der Waals surface area contributed by atoms with Crippen LogP contribution < -0.4 is 10.5 Å². The van der Waals surface area contributed by atoms with Crippen molar-refractivity contribution < 1.29 is 4.74 Å². The van der Waals surface area contributed by atoms with E-state index < -0.39 is 0 Å². The Morgan fingerprint density at radius 3 is 2.95 bits per heavy atom. The van der Waals surface area contributed by atoms with Crippen LogP contribution in [-0.2, 0) is 6.54 Å². The van der Waals surface area contributed by atoms with Crippen LogP contribution in [0.15, 0.2) is 28.9 Å². The molecule has 0 amide bonds. The molecule has 2 rings (SSSR count). The lowest BCUT2D eigenvalue weighted by Crippen LogP contribution is -2.10. The third-order valence-corrected chi connectivity index (χ3v) is 3.60. The second-order valence-corrected chi connectivity index (χ2v) is 5.61. The zero-order valence-electron chi connectivity index (χ0n) is 11.7. The molecule has 1 atom stereocenters. The van der Waals surface area contributed by atoms with Crippen LogP contribution >= 0.6 is 15.9 Å². The maximum Gasteiger partial charge on any atom is 0.124 e. The highest BCUT2D eigenvalue weighted by molar-refractivity contribution is 9.10. The van der Waals surface area contributed by atoms with Gasteiger partial charge in [-0.15, -0.1) is 5.10 Å². The average molecular weight is 339 g/mol. The van der Waals surface area contributed by atoms with Gasteiger partial charge in [0.05, 0.1) is 31.6 Å². The van der Waals surface area contributed by atoms with Crippen molar-refractivity contribution in [3.05, 3.63) is 40.1 Å². The number of hydrogen-bond donors (Lipinski definition) is 1. The predicted octanol–water partition coefficient (Wildman–Crippen LogP) is 2.90. The molecule has 0 radical (unpaired) electrons. The van der Waals surface area contributed by atoms with Gasteiger partial charge in [0.2, 0.25) is 0 Å². The lowest BCUT2D eigenvalue weighted by atomic mass is 10.1. The monoisotopic (exact) mass is 338 g/mol. The standard InChI is InChI=1S/C14H19BrN4O/c1-3-4-12(16)13-9-19(18-17-13)8-10-7-11(15)5-6-14(10)20-2/h5-7,9,12H,3-4,8,16H2,1-2H3. The molecule has 5 nitrogen and oxygen atoms in total. The van der Waals surface area contributed by atoms with Gasteiger partial charge in [-0.1, -0.05) is 34.5 Å². The first-order chi connectivity index (χ1) is 9.63. The minimum atomic E-state index is -0.0434. The Bertz CT molecular complexity index is 570. The quantitative estimate of drug-likeness (QED) is 0.879. The van der Waals surface area contributed by atoms with Gasteiger partial charge in [0.25, 0.3) is 0 Å². The van der Waals surface area contributed by atoms with Gasteiger partial charge in [-0.3, -0.25) is 0 Å². The highest BCUT2D eigenvalue weighted by Gasteiger charge is 2.11. The van der Waals surface area contributed by atoms with Gasteiger partial charge in [-0.05, 0) is 24.6 Å². The van der Waals surface area contributed by atoms with Gasteiger partial charge in [-0.2, -0.15) is 0 Å². The smallest absolute Gasteiger partial charge is 0.124 e. The zero-order chi connectivity index (χ0) is 14.5. The summed E-state index contributed by atoms with van der Waals surface area (Å²) in [6.07, 6.45) is 3.85. The van der Waals surface area contributed by atoms with Crippen molar-refractivity contribution in [1.29, 1.82) is 0 Å². The molecule has 1 heterocycles. The van der Waals surface area contributed by atoms with Crippen LogP contribution in [0.1, 0.15) is 37.1 Å². The molecule has 0 bridgehead atoms. The van der Waals surface area contributed by atoms with Crippen molar-refractivity contribution in [2.45, 2.75) is 32.4 Å². The number of ether oxygens (including phenoxy) is 1. The van der Waals surface area contributed by atoms with Crippen LogP contribution in [0.5, 0.6) is 5.75 Å². The van der Waals surface area contributed by atoms with Gasteiger partial charge >= 0.3 is 0 Å². The Kier molecular flexibility index (Phi) is 5.14. The number of nitrogens with two attached hydrogens (primary N) is 1. The third kappa shape index (κ3) is 3.58. The highest BCUT2D eigenvalue weighted by Crippen LogP contribution is 2.24. The molecule has 0 saturated carbocycles. The van der Waals surface area contributed by atoms with E-state index in [1.165, 1.54) is 0 Å². The molecule has 6 heteroatoms. The summed E-state index contributed by atoms with van der Waals surface area (Å²) in [5.41, 5.74) is 7.92. The lowest BCUT2D eigenvalue weighted by Gasteiger charge is -2.08. The van der Waals surface area contributed by atoms with E-state index in [0.717, 1.165) is 34.3 Å². The lowest BCUT2D eigenvalue weighted by molar-refractivity contribution is 0.407. The normalized spacial score (nSPS) is 12.4. The van der Waals surface area contributed by atoms with Crippen molar-refractivity contribution in [3.63, 3.8) is 0 Å². The molecule has 1 unspecified atom stereocenters. The predicted molar refractivity (Wildman–Crippen MR) is 81.7 cm³/mol. The van der Waals surface area contributed by atoms with E-state index in [2.05, 4.69) is 33.2 Å². The Hall–Kier alpha value is -1.40. The summed E-state index contributed by atoms with van der Waals surface area (Å²) >= 11 is 3.47. The van der Waals surface area contributed by atoms with Crippen molar-refractivity contribution in [2.24, 2.45) is 5.73 Å². The minimum Gasteiger partial charge on any atom is -0.496 e. The van der Waals surface area contributed by atoms with E-state index >= 15 is 0 Å². The zero-order valence-corrected chi connectivity index (χ0v) is 13.3. The SMILES string of the molecule is CCCC(N)c1cn(Cc2cc(Br)ccc2OC)nn1. The summed E-state index contributed by atoms with van der Waals surface area (Å²) < 4.78 is 8.16. The number of nitrogens with zero attached hydrogens (tertiary/aromatic N) is 3. The minimum absolute atomic E-state index is 0.0434. The number of halogens is 1. The summed E-state index contributed by atoms with van der Waals surface area (Å²) in [4.78, 5) is 0. The number of benzene rings is 1. The third-order valence-electron chi connectivity index (χ3n) is 3.11. The molecule has 0 aliphatic heterocycles. The first-order valence-corrected chi connectivity index (χ1v) is 7.41.